The van der Waals surface area contributed by atoms with E-state index in [2.05, 4.69) is 20.9 Å². The summed E-state index contributed by atoms with van der Waals surface area (Å²) in [5, 5.41) is 1.45. The Kier molecular flexibility index (Phi) is 10.3. The van der Waals surface area contributed by atoms with Gasteiger partial charge >= 0.3 is 5.97 Å². The summed E-state index contributed by atoms with van der Waals surface area (Å²) in [6.07, 6.45) is 1.69. The lowest BCUT2D eigenvalue weighted by molar-refractivity contribution is -0.139. The largest absolute Gasteiger partial charge is 0.493 e. The van der Waals surface area contributed by atoms with Gasteiger partial charge in [-0.25, -0.2) is 9.79 Å². The molecule has 1 aliphatic heterocycles. The fraction of sp³-hybridized carbons (Fsp3) is 0.219. The van der Waals surface area contributed by atoms with Crippen molar-refractivity contribution >= 4 is 74.1 Å². The van der Waals surface area contributed by atoms with E-state index >= 15 is 0 Å². The summed E-state index contributed by atoms with van der Waals surface area (Å²) in [4.78, 5) is 32.6. The quantitative estimate of drug-likeness (QED) is 0.169. The van der Waals surface area contributed by atoms with Gasteiger partial charge in [-0.05, 0) is 68.0 Å². The van der Waals surface area contributed by atoms with Gasteiger partial charge in [-0.3, -0.25) is 9.36 Å². The molecule has 0 amide bonds. The van der Waals surface area contributed by atoms with Gasteiger partial charge in [0.1, 0.15) is 12.4 Å². The highest BCUT2D eigenvalue weighted by Gasteiger charge is 2.35. The van der Waals surface area contributed by atoms with Crippen molar-refractivity contribution in [2.45, 2.75) is 26.5 Å². The van der Waals surface area contributed by atoms with Gasteiger partial charge in [-0.15, -0.1) is 0 Å². The molecule has 3 aromatic carbocycles. The normalized spacial score (nSPS) is 14.6. The van der Waals surface area contributed by atoms with Gasteiger partial charge in [0.05, 0.1) is 42.7 Å². The number of carbonyl (C=O) groups is 1. The van der Waals surface area contributed by atoms with Gasteiger partial charge < -0.3 is 18.9 Å². The van der Waals surface area contributed by atoms with Gasteiger partial charge in [-0.2, -0.15) is 0 Å². The van der Waals surface area contributed by atoms with Crippen LogP contribution in [0.2, 0.25) is 15.1 Å². The molecule has 1 aliphatic rings. The molecule has 1 atom stereocenters. The zero-order valence-electron chi connectivity index (χ0n) is 24.5. The number of ether oxygens (including phenoxy) is 4. The van der Waals surface area contributed by atoms with E-state index < -0.39 is 12.0 Å². The van der Waals surface area contributed by atoms with E-state index in [-0.39, 0.29) is 24.3 Å². The summed E-state index contributed by atoms with van der Waals surface area (Å²) < 4.78 is 25.0. The molecule has 2 heterocycles. The summed E-state index contributed by atoms with van der Waals surface area (Å²) in [6.45, 7) is 3.75. The number of fused-ring (bicyclic) bond motifs is 1. The van der Waals surface area contributed by atoms with Gasteiger partial charge in [0.25, 0.3) is 5.56 Å². The zero-order chi connectivity index (χ0) is 32.4. The number of thiazole rings is 1. The Morgan fingerprint density at radius 2 is 1.71 bits per heavy atom. The number of hydrogen-bond donors (Lipinski definition) is 0. The first kappa shape index (κ1) is 33.1. The van der Waals surface area contributed by atoms with Crippen molar-refractivity contribution in [3.8, 4) is 17.2 Å². The highest BCUT2D eigenvalue weighted by atomic mass is 79.9. The van der Waals surface area contributed by atoms with Crippen molar-refractivity contribution in [3.05, 3.63) is 116 Å². The third-order valence-electron chi connectivity index (χ3n) is 6.97. The first-order valence-corrected chi connectivity index (χ1v) is 16.3. The topological polar surface area (TPSA) is 88.4 Å². The molecule has 1 aromatic heterocycles. The molecule has 13 heteroatoms. The van der Waals surface area contributed by atoms with Crippen molar-refractivity contribution in [3.63, 3.8) is 0 Å². The number of esters is 1. The molecule has 5 rings (SSSR count). The van der Waals surface area contributed by atoms with E-state index in [0.717, 1.165) is 5.56 Å². The van der Waals surface area contributed by atoms with E-state index in [0.29, 0.717) is 62.9 Å². The average Bonchev–Trinajstić information content (AvgIpc) is 3.30. The van der Waals surface area contributed by atoms with Crippen LogP contribution in [-0.2, 0) is 16.1 Å². The number of carbonyl (C=O) groups excluding carboxylic acids is 1. The average molecular weight is 753 g/mol. The van der Waals surface area contributed by atoms with Gasteiger partial charge in [-0.1, -0.05) is 68.1 Å². The molecular formula is C32H26BrCl3N2O6S. The Morgan fingerprint density at radius 1 is 1.02 bits per heavy atom. The molecule has 0 aliphatic carbocycles. The Labute approximate surface area is 286 Å². The van der Waals surface area contributed by atoms with Crippen molar-refractivity contribution in [2.24, 2.45) is 4.99 Å². The van der Waals surface area contributed by atoms with Crippen LogP contribution in [0.5, 0.6) is 17.2 Å². The first-order chi connectivity index (χ1) is 21.6. The number of rotatable bonds is 9. The highest BCUT2D eigenvalue weighted by Crippen LogP contribution is 2.41. The first-order valence-electron chi connectivity index (χ1n) is 13.5. The molecule has 4 aromatic rings. The molecular weight excluding hydrogens is 727 g/mol. The second kappa shape index (κ2) is 14.0. The molecule has 45 heavy (non-hydrogen) atoms. The van der Waals surface area contributed by atoms with E-state index in [9.17, 15) is 9.59 Å². The van der Waals surface area contributed by atoms with Crippen LogP contribution in [0, 0.1) is 0 Å². The van der Waals surface area contributed by atoms with Crippen LogP contribution in [-0.4, -0.2) is 31.4 Å². The summed E-state index contributed by atoms with van der Waals surface area (Å²) in [6, 6.07) is 12.9. The minimum absolute atomic E-state index is 0.151. The molecule has 0 saturated heterocycles. The van der Waals surface area contributed by atoms with E-state index in [1.165, 1.54) is 30.1 Å². The lowest BCUT2D eigenvalue weighted by Crippen LogP contribution is -2.40. The van der Waals surface area contributed by atoms with E-state index in [4.69, 9.17) is 53.8 Å². The number of hydrogen-bond acceptors (Lipinski definition) is 8. The van der Waals surface area contributed by atoms with Crippen LogP contribution in [0.4, 0.5) is 0 Å². The highest BCUT2D eigenvalue weighted by molar-refractivity contribution is 9.10. The van der Waals surface area contributed by atoms with Crippen molar-refractivity contribution < 1.29 is 23.7 Å². The van der Waals surface area contributed by atoms with Crippen molar-refractivity contribution in [2.75, 3.05) is 20.8 Å². The predicted molar refractivity (Wildman–Crippen MR) is 180 cm³/mol. The van der Waals surface area contributed by atoms with Crippen LogP contribution in [0.15, 0.2) is 74.1 Å². The second-order valence-electron chi connectivity index (χ2n) is 9.74. The number of aromatic nitrogens is 1. The lowest BCUT2D eigenvalue weighted by atomic mass is 9.95. The molecule has 0 N–H and O–H groups in total. The maximum atomic E-state index is 14.2. The number of benzene rings is 3. The Morgan fingerprint density at radius 3 is 2.40 bits per heavy atom. The third-order valence-corrected chi connectivity index (χ3v) is 9.46. The van der Waals surface area contributed by atoms with Crippen LogP contribution >= 0.6 is 62.1 Å². The summed E-state index contributed by atoms with van der Waals surface area (Å²) in [5.41, 5.74) is 2.19. The summed E-state index contributed by atoms with van der Waals surface area (Å²) >= 11 is 23.5. The maximum Gasteiger partial charge on any atom is 0.338 e. The molecule has 0 fully saturated rings. The van der Waals surface area contributed by atoms with E-state index in [1.807, 2.05) is 0 Å². The smallest absolute Gasteiger partial charge is 0.338 e. The van der Waals surface area contributed by atoms with Crippen LogP contribution in [0.1, 0.15) is 36.6 Å². The minimum atomic E-state index is -0.876. The molecule has 0 saturated carbocycles. The molecule has 8 nitrogen and oxygen atoms in total. The Hall–Kier alpha value is -3.28. The van der Waals surface area contributed by atoms with Crippen molar-refractivity contribution in [1.29, 1.82) is 0 Å². The second-order valence-corrected chi connectivity index (χ2v) is 12.9. The minimum Gasteiger partial charge on any atom is -0.493 e. The standard InChI is InChI=1S/C32H26BrCl3N2O6S/c1-5-43-31(40)28-16(2)37-32-38(29(28)21-13-25(41-3)26(42-4)14-22(21)33)30(39)27(45-32)11-18-10-19(34)8-9-24(18)44-15-17-6-7-20(35)12-23(17)36/h6-14,29H,5,15H2,1-4H3/b27-11-/t29-/m1/s1. The summed E-state index contributed by atoms with van der Waals surface area (Å²) in [5.74, 6) is 0.814. The molecule has 0 spiro atoms. The number of halogens is 4. The Balaban J connectivity index is 1.66. The molecule has 0 radical (unpaired) electrons. The van der Waals surface area contributed by atoms with E-state index in [1.54, 1.807) is 68.5 Å². The number of allylic oxidation sites excluding steroid dienone is 1. The number of nitrogens with zero attached hydrogens (tertiary/aromatic N) is 2. The predicted octanol–water partition coefficient (Wildman–Crippen LogP) is 7.12. The van der Waals surface area contributed by atoms with Gasteiger partial charge in [0, 0.05) is 30.7 Å². The SMILES string of the molecule is CCOC(=O)C1=C(C)N=c2s/c(=C\c3cc(Cl)ccc3OCc3ccc(Cl)cc3Cl)c(=O)n2[C@@H]1c1cc(OC)c(OC)cc1Br. The fourth-order valence-electron chi connectivity index (χ4n) is 4.86. The monoisotopic (exact) mass is 750 g/mol. The van der Waals surface area contributed by atoms with Crippen LogP contribution < -0.4 is 29.1 Å². The summed E-state index contributed by atoms with van der Waals surface area (Å²) in [7, 11) is 3.04. The maximum absolute atomic E-state index is 14.2. The Bertz CT molecular complexity index is 2020. The zero-order valence-corrected chi connectivity index (χ0v) is 29.1. The van der Waals surface area contributed by atoms with Crippen LogP contribution in [0.3, 0.4) is 0 Å². The van der Waals surface area contributed by atoms with Crippen LogP contribution in [0.25, 0.3) is 6.08 Å². The fourth-order valence-corrected chi connectivity index (χ4v) is 7.08. The number of methoxy groups -OCH3 is 2. The van der Waals surface area contributed by atoms with Gasteiger partial charge in [0.2, 0.25) is 0 Å². The van der Waals surface area contributed by atoms with Gasteiger partial charge in [0.15, 0.2) is 16.3 Å². The lowest BCUT2D eigenvalue weighted by Gasteiger charge is -2.26. The van der Waals surface area contributed by atoms with Crippen molar-refractivity contribution in [1.82, 2.24) is 4.57 Å². The third kappa shape index (κ3) is 6.80. The molecule has 0 bridgehead atoms. The molecule has 234 valence electrons. The molecule has 0 unspecified atom stereocenters.